The van der Waals surface area contributed by atoms with Gasteiger partial charge in [0, 0.05) is 31.2 Å². The molecule has 24 heavy (non-hydrogen) atoms. The molecule has 0 unspecified atom stereocenters. The number of aliphatic hydroxyl groups excluding tert-OH is 1. The van der Waals surface area contributed by atoms with Gasteiger partial charge in [0.05, 0.1) is 7.11 Å². The molecule has 1 aliphatic heterocycles. The molecule has 0 bridgehead atoms. The smallest absolute Gasteiger partial charge is 0.245 e. The van der Waals surface area contributed by atoms with Crippen LogP contribution in [-0.4, -0.2) is 48.8 Å². The van der Waals surface area contributed by atoms with Crippen molar-refractivity contribution < 1.29 is 23.4 Å². The predicted octanol–water partition coefficient (Wildman–Crippen LogP) is 1.54. The molecule has 1 aromatic rings. The maximum Gasteiger partial charge on any atom is 0.245 e. The molecule has 0 spiro atoms. The Bertz CT molecular complexity index is 595. The standard InChI is InChI=1S/C17H24F2N2O3/c1-10(2)11-6-21(8-14(11)20-16(23)9-22)7-12-15(24-3)5-4-13(18)17(12)19/h4-5,10-11,14,22H,6-9H2,1-3H3,(H,20,23)/t11-,14+/m1/s1. The normalized spacial score (nSPS) is 21.3. The van der Waals surface area contributed by atoms with E-state index >= 15 is 0 Å². The predicted molar refractivity (Wildman–Crippen MR) is 85.5 cm³/mol. The third-order valence-electron chi connectivity index (χ3n) is 4.54. The Morgan fingerprint density at radius 2 is 2.12 bits per heavy atom. The van der Waals surface area contributed by atoms with Crippen LogP contribution >= 0.6 is 0 Å². The molecule has 134 valence electrons. The van der Waals surface area contributed by atoms with Gasteiger partial charge in [0.25, 0.3) is 0 Å². The molecule has 1 aromatic carbocycles. The van der Waals surface area contributed by atoms with Crippen LogP contribution in [0.5, 0.6) is 5.75 Å². The Hall–Kier alpha value is -1.73. The SMILES string of the molecule is COc1ccc(F)c(F)c1CN1C[C@H](NC(=O)CO)[C@@H](C(C)C)C1. The minimum Gasteiger partial charge on any atom is -0.496 e. The number of hydrogen-bond donors (Lipinski definition) is 2. The summed E-state index contributed by atoms with van der Waals surface area (Å²) in [6, 6.07) is 2.32. The minimum absolute atomic E-state index is 0.132. The van der Waals surface area contributed by atoms with Gasteiger partial charge in [-0.2, -0.15) is 0 Å². The maximum atomic E-state index is 14.1. The second-order valence-corrected chi connectivity index (χ2v) is 6.48. The fourth-order valence-electron chi connectivity index (χ4n) is 3.26. The van der Waals surface area contributed by atoms with E-state index in [0.29, 0.717) is 24.8 Å². The Labute approximate surface area is 140 Å². The van der Waals surface area contributed by atoms with E-state index in [0.717, 1.165) is 6.07 Å². The third-order valence-corrected chi connectivity index (χ3v) is 4.54. The first-order valence-electron chi connectivity index (χ1n) is 8.00. The zero-order valence-electron chi connectivity index (χ0n) is 14.2. The monoisotopic (exact) mass is 342 g/mol. The number of nitrogens with one attached hydrogen (secondary N) is 1. The molecule has 7 heteroatoms. The van der Waals surface area contributed by atoms with Crippen molar-refractivity contribution in [1.82, 2.24) is 10.2 Å². The average molecular weight is 342 g/mol. The molecule has 1 amide bonds. The van der Waals surface area contributed by atoms with Crippen molar-refractivity contribution >= 4 is 5.91 Å². The molecule has 2 N–H and O–H groups in total. The van der Waals surface area contributed by atoms with Crippen molar-refractivity contribution in [2.75, 3.05) is 26.8 Å². The first-order valence-corrected chi connectivity index (χ1v) is 8.00. The molecule has 0 aliphatic carbocycles. The molecule has 0 saturated carbocycles. The summed E-state index contributed by atoms with van der Waals surface area (Å²) in [4.78, 5) is 13.5. The maximum absolute atomic E-state index is 14.1. The van der Waals surface area contributed by atoms with Gasteiger partial charge in [0.1, 0.15) is 12.4 Å². The summed E-state index contributed by atoms with van der Waals surface area (Å²) in [5.41, 5.74) is 0.175. The quantitative estimate of drug-likeness (QED) is 0.823. The van der Waals surface area contributed by atoms with Gasteiger partial charge in [0.2, 0.25) is 5.91 Å². The van der Waals surface area contributed by atoms with Crippen LogP contribution in [0.4, 0.5) is 8.78 Å². The highest BCUT2D eigenvalue weighted by Gasteiger charge is 2.36. The lowest BCUT2D eigenvalue weighted by Gasteiger charge is -2.22. The average Bonchev–Trinajstić information content (AvgIpc) is 2.94. The van der Waals surface area contributed by atoms with Gasteiger partial charge in [0.15, 0.2) is 11.6 Å². The highest BCUT2D eigenvalue weighted by molar-refractivity contribution is 5.77. The van der Waals surface area contributed by atoms with Crippen molar-refractivity contribution in [2.24, 2.45) is 11.8 Å². The molecule has 2 rings (SSSR count). The molecule has 0 aromatic heterocycles. The molecule has 1 saturated heterocycles. The number of carbonyl (C=O) groups is 1. The van der Waals surface area contributed by atoms with Crippen molar-refractivity contribution in [3.8, 4) is 5.75 Å². The van der Waals surface area contributed by atoms with Crippen LogP contribution in [0.2, 0.25) is 0 Å². The van der Waals surface area contributed by atoms with Gasteiger partial charge in [-0.15, -0.1) is 0 Å². The summed E-state index contributed by atoms with van der Waals surface area (Å²) in [6.07, 6.45) is 0. The van der Waals surface area contributed by atoms with Crippen LogP contribution in [0.1, 0.15) is 19.4 Å². The Morgan fingerprint density at radius 3 is 2.71 bits per heavy atom. The van der Waals surface area contributed by atoms with Crippen LogP contribution in [0, 0.1) is 23.5 Å². The van der Waals surface area contributed by atoms with E-state index in [1.807, 2.05) is 4.90 Å². The van der Waals surface area contributed by atoms with Gasteiger partial charge in [-0.25, -0.2) is 8.78 Å². The number of rotatable bonds is 6. The number of methoxy groups -OCH3 is 1. The molecule has 2 atom stereocenters. The number of halogens is 2. The van der Waals surface area contributed by atoms with E-state index in [9.17, 15) is 13.6 Å². The number of ether oxygens (including phenoxy) is 1. The molecular formula is C17H24F2N2O3. The number of aliphatic hydroxyl groups is 1. The van der Waals surface area contributed by atoms with E-state index in [2.05, 4.69) is 19.2 Å². The highest BCUT2D eigenvalue weighted by atomic mass is 19.2. The number of nitrogens with zero attached hydrogens (tertiary/aromatic N) is 1. The first kappa shape index (κ1) is 18.6. The fraction of sp³-hybridized carbons (Fsp3) is 0.588. The number of benzene rings is 1. The zero-order chi connectivity index (χ0) is 17.9. The summed E-state index contributed by atoms with van der Waals surface area (Å²) < 4.78 is 32.8. The third kappa shape index (κ3) is 4.02. The van der Waals surface area contributed by atoms with Crippen molar-refractivity contribution in [3.63, 3.8) is 0 Å². The van der Waals surface area contributed by atoms with Crippen LogP contribution in [0.15, 0.2) is 12.1 Å². The van der Waals surface area contributed by atoms with Crippen molar-refractivity contribution in [2.45, 2.75) is 26.4 Å². The van der Waals surface area contributed by atoms with E-state index in [4.69, 9.17) is 9.84 Å². The Kier molecular flexibility index (Phi) is 6.12. The Balaban J connectivity index is 2.17. The largest absolute Gasteiger partial charge is 0.496 e. The van der Waals surface area contributed by atoms with Gasteiger partial charge >= 0.3 is 0 Å². The molecule has 1 aliphatic rings. The second-order valence-electron chi connectivity index (χ2n) is 6.48. The summed E-state index contributed by atoms with van der Waals surface area (Å²) in [7, 11) is 1.42. The minimum atomic E-state index is -0.907. The van der Waals surface area contributed by atoms with E-state index in [-0.39, 0.29) is 24.1 Å². The summed E-state index contributed by atoms with van der Waals surface area (Å²) in [5, 5.41) is 11.7. The molecule has 1 fully saturated rings. The zero-order valence-corrected chi connectivity index (χ0v) is 14.2. The summed E-state index contributed by atoms with van der Waals surface area (Å²) >= 11 is 0. The topological polar surface area (TPSA) is 61.8 Å². The van der Waals surface area contributed by atoms with Crippen LogP contribution in [-0.2, 0) is 11.3 Å². The fourth-order valence-corrected chi connectivity index (χ4v) is 3.26. The van der Waals surface area contributed by atoms with Gasteiger partial charge in [-0.05, 0) is 24.0 Å². The number of likely N-dealkylation sites (tertiary alicyclic amines) is 1. The van der Waals surface area contributed by atoms with E-state index in [1.54, 1.807) is 0 Å². The van der Waals surface area contributed by atoms with Gasteiger partial charge in [-0.3, -0.25) is 9.69 Å². The van der Waals surface area contributed by atoms with Crippen molar-refractivity contribution in [3.05, 3.63) is 29.3 Å². The number of amides is 1. The van der Waals surface area contributed by atoms with Gasteiger partial charge in [-0.1, -0.05) is 13.8 Å². The molecule has 0 radical (unpaired) electrons. The molecular weight excluding hydrogens is 318 g/mol. The van der Waals surface area contributed by atoms with Crippen LogP contribution in [0.25, 0.3) is 0 Å². The lowest BCUT2D eigenvalue weighted by atomic mass is 9.91. The molecule has 5 nitrogen and oxygen atoms in total. The molecule has 1 heterocycles. The lowest BCUT2D eigenvalue weighted by Crippen LogP contribution is -2.43. The van der Waals surface area contributed by atoms with Crippen LogP contribution in [0.3, 0.4) is 0 Å². The van der Waals surface area contributed by atoms with Crippen LogP contribution < -0.4 is 10.1 Å². The number of carbonyl (C=O) groups excluding carboxylic acids is 1. The number of hydrogen-bond acceptors (Lipinski definition) is 4. The first-order chi connectivity index (χ1) is 11.4. The second kappa shape index (κ2) is 7.90. The van der Waals surface area contributed by atoms with Crippen molar-refractivity contribution in [1.29, 1.82) is 0 Å². The lowest BCUT2D eigenvalue weighted by molar-refractivity contribution is -0.124. The van der Waals surface area contributed by atoms with E-state index in [1.165, 1.54) is 13.2 Å². The summed E-state index contributed by atoms with van der Waals surface area (Å²) in [5.74, 6) is -1.46. The van der Waals surface area contributed by atoms with E-state index < -0.39 is 24.1 Å². The summed E-state index contributed by atoms with van der Waals surface area (Å²) in [6.45, 7) is 4.89. The Morgan fingerprint density at radius 1 is 1.42 bits per heavy atom. The highest BCUT2D eigenvalue weighted by Crippen LogP contribution is 2.30. The van der Waals surface area contributed by atoms with Gasteiger partial charge < -0.3 is 15.2 Å².